The van der Waals surface area contributed by atoms with Crippen LogP contribution < -0.4 is 5.32 Å². The number of benzene rings is 1. The molecule has 0 saturated carbocycles. The lowest BCUT2D eigenvalue weighted by atomic mass is 9.88. The lowest BCUT2D eigenvalue weighted by molar-refractivity contribution is -0.166. The zero-order chi connectivity index (χ0) is 24.9. The topological polar surface area (TPSA) is 126 Å². The third kappa shape index (κ3) is 8.14. The highest BCUT2D eigenvalue weighted by atomic mass is 31.2. The van der Waals surface area contributed by atoms with E-state index in [1.165, 1.54) is 0 Å². The SMILES string of the molecule is CCOC(=O)NC(Cc1ccccc1CP(=O)(OCC)OCC)(C(=O)OCC)C(=O)OCC. The van der Waals surface area contributed by atoms with Crippen LogP contribution in [0.2, 0.25) is 0 Å². The number of rotatable bonds is 14. The van der Waals surface area contributed by atoms with Gasteiger partial charge in [0.1, 0.15) is 0 Å². The summed E-state index contributed by atoms with van der Waals surface area (Å²) < 4.78 is 39.1. The van der Waals surface area contributed by atoms with Crippen molar-refractivity contribution in [3.05, 3.63) is 35.4 Å². The van der Waals surface area contributed by atoms with Gasteiger partial charge in [-0.3, -0.25) is 9.88 Å². The summed E-state index contributed by atoms with van der Waals surface area (Å²) in [6.45, 7) is 8.46. The Morgan fingerprint density at radius 2 is 1.27 bits per heavy atom. The van der Waals surface area contributed by atoms with Crippen molar-refractivity contribution in [3.8, 4) is 0 Å². The van der Waals surface area contributed by atoms with Gasteiger partial charge in [0, 0.05) is 6.42 Å². The van der Waals surface area contributed by atoms with Crippen molar-refractivity contribution >= 4 is 25.6 Å². The van der Waals surface area contributed by atoms with E-state index >= 15 is 0 Å². The van der Waals surface area contributed by atoms with Gasteiger partial charge in [0.15, 0.2) is 0 Å². The second-order valence-electron chi connectivity index (χ2n) is 6.74. The molecule has 1 aromatic carbocycles. The van der Waals surface area contributed by atoms with Gasteiger partial charge in [0.05, 0.1) is 39.2 Å². The maximum Gasteiger partial charge on any atom is 0.408 e. The highest BCUT2D eigenvalue weighted by Crippen LogP contribution is 2.51. The van der Waals surface area contributed by atoms with E-state index < -0.39 is 31.2 Å². The number of esters is 2. The average molecular weight is 487 g/mol. The molecule has 0 heterocycles. The van der Waals surface area contributed by atoms with Gasteiger partial charge in [-0.1, -0.05) is 24.3 Å². The first-order chi connectivity index (χ1) is 15.7. The molecule has 0 spiro atoms. The third-order valence-electron chi connectivity index (χ3n) is 4.43. The lowest BCUT2D eigenvalue weighted by Gasteiger charge is -2.30. The Kier molecular flexibility index (Phi) is 12.1. The van der Waals surface area contributed by atoms with Gasteiger partial charge in [-0.15, -0.1) is 0 Å². The second-order valence-corrected chi connectivity index (χ2v) is 8.80. The molecular formula is C22H34NO9P. The Morgan fingerprint density at radius 1 is 0.788 bits per heavy atom. The first-order valence-corrected chi connectivity index (χ1v) is 12.7. The van der Waals surface area contributed by atoms with E-state index in [4.69, 9.17) is 23.3 Å². The first-order valence-electron chi connectivity index (χ1n) is 11.0. The monoisotopic (exact) mass is 487 g/mol. The molecule has 186 valence electrons. The predicted molar refractivity (Wildman–Crippen MR) is 121 cm³/mol. The molecule has 0 aliphatic heterocycles. The molecule has 11 heteroatoms. The first kappa shape index (κ1) is 28.6. The fourth-order valence-corrected chi connectivity index (χ4v) is 4.89. The second kappa shape index (κ2) is 14.0. The summed E-state index contributed by atoms with van der Waals surface area (Å²) in [5, 5.41) is 2.35. The predicted octanol–water partition coefficient (Wildman–Crippen LogP) is 3.61. The molecule has 1 rings (SSSR count). The number of hydrogen-bond acceptors (Lipinski definition) is 9. The standard InChI is InChI=1S/C22H34NO9P/c1-6-28-19(24)22(20(25)29-7-2,23-21(26)30-8-3)15-17-13-11-12-14-18(17)16-33(27,31-9-4)32-10-5/h11-14H,6-10,15-16H2,1-5H3,(H,23,26). The van der Waals surface area contributed by atoms with Crippen LogP contribution in [-0.4, -0.2) is 56.6 Å². The van der Waals surface area contributed by atoms with Crippen molar-refractivity contribution in [1.29, 1.82) is 0 Å². The Labute approximate surface area is 194 Å². The molecule has 1 amide bonds. The molecule has 0 bridgehead atoms. The minimum absolute atomic E-state index is 0.0239. The molecule has 1 aromatic rings. The van der Waals surface area contributed by atoms with E-state index in [0.29, 0.717) is 11.1 Å². The van der Waals surface area contributed by atoms with E-state index in [1.807, 2.05) is 0 Å². The Hall–Kier alpha value is -2.42. The van der Waals surface area contributed by atoms with Gasteiger partial charge in [-0.05, 0) is 45.7 Å². The van der Waals surface area contributed by atoms with Crippen LogP contribution in [0.15, 0.2) is 24.3 Å². The summed E-state index contributed by atoms with van der Waals surface area (Å²) in [4.78, 5) is 38.4. The fourth-order valence-electron chi connectivity index (χ4n) is 3.12. The highest BCUT2D eigenvalue weighted by Gasteiger charge is 2.51. The molecule has 0 unspecified atom stereocenters. The zero-order valence-electron chi connectivity index (χ0n) is 19.9. The van der Waals surface area contributed by atoms with Gasteiger partial charge < -0.3 is 23.3 Å². The molecule has 0 atom stereocenters. The van der Waals surface area contributed by atoms with Crippen molar-refractivity contribution < 1.29 is 42.2 Å². The number of amides is 1. The summed E-state index contributed by atoms with van der Waals surface area (Å²) >= 11 is 0. The van der Waals surface area contributed by atoms with Crippen molar-refractivity contribution in [2.45, 2.75) is 52.7 Å². The van der Waals surface area contributed by atoms with Crippen LogP contribution >= 0.6 is 7.60 Å². The molecule has 0 aromatic heterocycles. The van der Waals surface area contributed by atoms with E-state index in [0.717, 1.165) is 0 Å². The Bertz CT molecular complexity index is 815. The van der Waals surface area contributed by atoms with Gasteiger partial charge in [-0.25, -0.2) is 14.4 Å². The minimum Gasteiger partial charge on any atom is -0.464 e. The van der Waals surface area contributed by atoms with Crippen LogP contribution in [0, 0.1) is 0 Å². The number of nitrogens with one attached hydrogen (secondary N) is 1. The van der Waals surface area contributed by atoms with E-state index in [-0.39, 0.29) is 45.6 Å². The van der Waals surface area contributed by atoms with Gasteiger partial charge in [0.25, 0.3) is 0 Å². The molecule has 0 saturated heterocycles. The normalized spacial score (nSPS) is 11.5. The summed E-state index contributed by atoms with van der Waals surface area (Å²) in [6.07, 6.45) is -1.39. The van der Waals surface area contributed by atoms with Gasteiger partial charge >= 0.3 is 25.6 Å². The molecule has 0 fully saturated rings. The summed E-state index contributed by atoms with van der Waals surface area (Å²) in [5.74, 6) is -1.99. The highest BCUT2D eigenvalue weighted by molar-refractivity contribution is 7.53. The molecule has 1 N–H and O–H groups in total. The molecule has 0 aliphatic carbocycles. The van der Waals surface area contributed by atoms with E-state index in [9.17, 15) is 18.9 Å². The van der Waals surface area contributed by atoms with E-state index in [1.54, 1.807) is 58.9 Å². The van der Waals surface area contributed by atoms with Crippen LogP contribution in [-0.2, 0) is 50.0 Å². The smallest absolute Gasteiger partial charge is 0.408 e. The number of alkyl carbamates (subject to hydrolysis) is 1. The van der Waals surface area contributed by atoms with Crippen molar-refractivity contribution in [2.24, 2.45) is 0 Å². The maximum atomic E-state index is 13.1. The summed E-state index contributed by atoms with van der Waals surface area (Å²) in [5.41, 5.74) is -1.24. The van der Waals surface area contributed by atoms with Crippen molar-refractivity contribution in [2.75, 3.05) is 33.0 Å². The minimum atomic E-state index is -3.49. The fraction of sp³-hybridized carbons (Fsp3) is 0.591. The van der Waals surface area contributed by atoms with Gasteiger partial charge in [0.2, 0.25) is 5.54 Å². The Morgan fingerprint density at radius 3 is 1.73 bits per heavy atom. The van der Waals surface area contributed by atoms with Crippen LogP contribution in [0.4, 0.5) is 4.79 Å². The molecule has 33 heavy (non-hydrogen) atoms. The quantitative estimate of drug-likeness (QED) is 0.181. The number of hydrogen-bond donors (Lipinski definition) is 1. The number of carbonyl (C=O) groups is 3. The molecular weight excluding hydrogens is 453 g/mol. The van der Waals surface area contributed by atoms with Crippen LogP contribution in [0.3, 0.4) is 0 Å². The number of ether oxygens (including phenoxy) is 3. The van der Waals surface area contributed by atoms with Crippen LogP contribution in [0.25, 0.3) is 0 Å². The summed E-state index contributed by atoms with van der Waals surface area (Å²) in [6, 6.07) is 6.75. The number of carbonyl (C=O) groups excluding carboxylic acids is 3. The van der Waals surface area contributed by atoms with Gasteiger partial charge in [-0.2, -0.15) is 0 Å². The maximum absolute atomic E-state index is 13.1. The third-order valence-corrected chi connectivity index (χ3v) is 6.46. The average Bonchev–Trinajstić information content (AvgIpc) is 2.75. The van der Waals surface area contributed by atoms with E-state index in [2.05, 4.69) is 5.32 Å². The van der Waals surface area contributed by atoms with Crippen LogP contribution in [0.5, 0.6) is 0 Å². The zero-order valence-corrected chi connectivity index (χ0v) is 20.8. The molecule has 10 nitrogen and oxygen atoms in total. The lowest BCUT2D eigenvalue weighted by Crippen LogP contribution is -2.63. The van der Waals surface area contributed by atoms with Crippen LogP contribution in [0.1, 0.15) is 45.7 Å². The van der Waals surface area contributed by atoms with Crippen molar-refractivity contribution in [1.82, 2.24) is 5.32 Å². The van der Waals surface area contributed by atoms with Crippen molar-refractivity contribution in [3.63, 3.8) is 0 Å². The largest absolute Gasteiger partial charge is 0.464 e. The Balaban J connectivity index is 3.53. The molecule has 0 radical (unpaired) electrons. The summed E-state index contributed by atoms with van der Waals surface area (Å²) in [7, 11) is -3.49. The molecule has 0 aliphatic rings.